The average Bonchev–Trinajstić information content (AvgIpc) is 2.54. The second kappa shape index (κ2) is 7.42. The van der Waals surface area contributed by atoms with Gasteiger partial charge in [0.05, 0.1) is 4.90 Å². The van der Waals surface area contributed by atoms with Gasteiger partial charge in [0.1, 0.15) is 6.04 Å². The maximum absolute atomic E-state index is 12.1. The first-order valence-electron chi connectivity index (χ1n) is 7.38. The zero-order valence-electron chi connectivity index (χ0n) is 13.4. The Morgan fingerprint density at radius 1 is 1.00 bits per heavy atom. The van der Waals surface area contributed by atoms with E-state index in [0.717, 1.165) is 11.1 Å². The number of carboxylic acids is 1. The highest BCUT2D eigenvalue weighted by atomic mass is 32.2. The molecule has 24 heavy (non-hydrogen) atoms. The van der Waals surface area contributed by atoms with Gasteiger partial charge in [-0.25, -0.2) is 8.42 Å². The molecule has 0 fully saturated rings. The van der Waals surface area contributed by atoms with E-state index in [2.05, 4.69) is 4.72 Å². The standard InChI is InChI=1S/C18H19NO4S/c1-13-3-5-15(6-4-13)7-8-16-9-11-17(12-10-16)24(22,23)19-14(2)18(20)21/h3-12,14,19H,1-2H3,(H,20,21)/t14-/m1/s1. The first-order chi connectivity index (χ1) is 11.3. The van der Waals surface area contributed by atoms with Gasteiger partial charge in [0.2, 0.25) is 10.0 Å². The summed E-state index contributed by atoms with van der Waals surface area (Å²) in [5.41, 5.74) is 3.08. The minimum Gasteiger partial charge on any atom is -0.480 e. The highest BCUT2D eigenvalue weighted by Crippen LogP contribution is 2.14. The fourth-order valence-corrected chi connectivity index (χ4v) is 3.18. The molecule has 0 spiro atoms. The smallest absolute Gasteiger partial charge is 0.321 e. The normalized spacial score (nSPS) is 13.1. The van der Waals surface area contributed by atoms with E-state index >= 15 is 0 Å². The Bertz CT molecular complexity index is 838. The van der Waals surface area contributed by atoms with Gasteiger partial charge in [0, 0.05) is 0 Å². The van der Waals surface area contributed by atoms with Crippen LogP contribution in [0.3, 0.4) is 0 Å². The molecule has 2 N–H and O–H groups in total. The molecule has 2 rings (SSSR count). The van der Waals surface area contributed by atoms with Gasteiger partial charge in [-0.05, 0) is 37.1 Å². The van der Waals surface area contributed by atoms with Gasteiger partial charge in [0.25, 0.3) is 0 Å². The molecule has 0 amide bonds. The van der Waals surface area contributed by atoms with E-state index in [-0.39, 0.29) is 4.90 Å². The lowest BCUT2D eigenvalue weighted by Crippen LogP contribution is -2.38. The number of hydrogen-bond acceptors (Lipinski definition) is 3. The summed E-state index contributed by atoms with van der Waals surface area (Å²) in [7, 11) is -3.85. The Morgan fingerprint density at radius 3 is 1.92 bits per heavy atom. The molecule has 6 heteroatoms. The third-order valence-electron chi connectivity index (χ3n) is 3.44. The number of nitrogens with one attached hydrogen (secondary N) is 1. The van der Waals surface area contributed by atoms with Crippen LogP contribution in [0.25, 0.3) is 12.2 Å². The monoisotopic (exact) mass is 345 g/mol. The fourth-order valence-electron chi connectivity index (χ4n) is 1.98. The summed E-state index contributed by atoms with van der Waals surface area (Å²) in [6.45, 7) is 3.30. The summed E-state index contributed by atoms with van der Waals surface area (Å²) < 4.78 is 26.3. The molecule has 5 nitrogen and oxygen atoms in total. The van der Waals surface area contributed by atoms with E-state index in [1.54, 1.807) is 12.1 Å². The van der Waals surface area contributed by atoms with Crippen LogP contribution in [0.4, 0.5) is 0 Å². The quantitative estimate of drug-likeness (QED) is 0.789. The summed E-state index contributed by atoms with van der Waals surface area (Å²) in [6.07, 6.45) is 3.82. The van der Waals surface area contributed by atoms with Crippen molar-refractivity contribution in [2.24, 2.45) is 0 Å². The molecule has 0 aromatic heterocycles. The summed E-state index contributed by atoms with van der Waals surface area (Å²) >= 11 is 0. The molecule has 2 aromatic carbocycles. The second-order valence-corrected chi connectivity index (χ2v) is 7.21. The van der Waals surface area contributed by atoms with Crippen LogP contribution < -0.4 is 4.72 Å². The summed E-state index contributed by atoms with van der Waals surface area (Å²) in [6, 6.07) is 13.1. The van der Waals surface area contributed by atoms with Crippen LogP contribution in [0.15, 0.2) is 53.4 Å². The first-order valence-corrected chi connectivity index (χ1v) is 8.86. The van der Waals surface area contributed by atoms with Crippen LogP contribution in [-0.4, -0.2) is 25.5 Å². The van der Waals surface area contributed by atoms with Crippen molar-refractivity contribution >= 4 is 28.1 Å². The average molecular weight is 345 g/mol. The van der Waals surface area contributed by atoms with Crippen LogP contribution in [0.5, 0.6) is 0 Å². The van der Waals surface area contributed by atoms with Crippen molar-refractivity contribution in [2.45, 2.75) is 24.8 Å². The molecule has 0 saturated heterocycles. The van der Waals surface area contributed by atoms with E-state index in [9.17, 15) is 13.2 Å². The van der Waals surface area contributed by atoms with Gasteiger partial charge in [-0.15, -0.1) is 0 Å². The Morgan fingerprint density at radius 2 is 1.46 bits per heavy atom. The zero-order chi connectivity index (χ0) is 17.7. The summed E-state index contributed by atoms with van der Waals surface area (Å²) in [5.74, 6) is -1.23. The molecule has 0 unspecified atom stereocenters. The number of aliphatic carboxylic acids is 1. The van der Waals surface area contributed by atoms with Crippen molar-refractivity contribution < 1.29 is 18.3 Å². The van der Waals surface area contributed by atoms with Crippen LogP contribution in [-0.2, 0) is 14.8 Å². The maximum atomic E-state index is 12.1. The van der Waals surface area contributed by atoms with Crippen molar-refractivity contribution in [2.75, 3.05) is 0 Å². The van der Waals surface area contributed by atoms with Crippen LogP contribution in [0.2, 0.25) is 0 Å². The molecule has 0 aliphatic carbocycles. The highest BCUT2D eigenvalue weighted by Gasteiger charge is 2.21. The van der Waals surface area contributed by atoms with Crippen molar-refractivity contribution in [1.82, 2.24) is 4.72 Å². The third-order valence-corrected chi connectivity index (χ3v) is 4.99. The lowest BCUT2D eigenvalue weighted by atomic mass is 10.1. The minimum absolute atomic E-state index is 0.0306. The van der Waals surface area contributed by atoms with Gasteiger partial charge < -0.3 is 5.11 Å². The van der Waals surface area contributed by atoms with Crippen LogP contribution >= 0.6 is 0 Å². The Kier molecular flexibility index (Phi) is 5.54. The third kappa shape index (κ3) is 4.78. The van der Waals surface area contributed by atoms with Crippen molar-refractivity contribution in [3.8, 4) is 0 Å². The van der Waals surface area contributed by atoms with Crippen molar-refractivity contribution in [1.29, 1.82) is 0 Å². The molecule has 0 aliphatic heterocycles. The molecule has 0 bridgehead atoms. The largest absolute Gasteiger partial charge is 0.480 e. The molecule has 0 aliphatic rings. The topological polar surface area (TPSA) is 83.5 Å². The van der Waals surface area contributed by atoms with Gasteiger partial charge in [-0.1, -0.05) is 54.1 Å². The first kappa shape index (κ1) is 17.9. The SMILES string of the molecule is Cc1ccc(C=Cc2ccc(S(=O)(=O)N[C@H](C)C(=O)O)cc2)cc1. The predicted octanol–water partition coefficient (Wildman–Crippen LogP) is 2.92. The van der Waals surface area contributed by atoms with E-state index in [4.69, 9.17) is 5.11 Å². The zero-order valence-corrected chi connectivity index (χ0v) is 14.2. The van der Waals surface area contributed by atoms with Crippen molar-refractivity contribution in [3.05, 3.63) is 65.2 Å². The van der Waals surface area contributed by atoms with E-state index in [0.29, 0.717) is 0 Å². The molecule has 0 radical (unpaired) electrons. The number of sulfonamides is 1. The van der Waals surface area contributed by atoms with Crippen LogP contribution in [0.1, 0.15) is 23.6 Å². The fraction of sp³-hybridized carbons (Fsp3) is 0.167. The molecular formula is C18H19NO4S. The lowest BCUT2D eigenvalue weighted by molar-refractivity contribution is -0.138. The maximum Gasteiger partial charge on any atom is 0.321 e. The van der Waals surface area contributed by atoms with Crippen LogP contribution in [0, 0.1) is 6.92 Å². The van der Waals surface area contributed by atoms with E-state index in [1.165, 1.54) is 24.6 Å². The van der Waals surface area contributed by atoms with Gasteiger partial charge in [-0.3, -0.25) is 4.79 Å². The molecule has 126 valence electrons. The van der Waals surface area contributed by atoms with Gasteiger partial charge in [0.15, 0.2) is 0 Å². The minimum atomic E-state index is -3.85. The highest BCUT2D eigenvalue weighted by molar-refractivity contribution is 7.89. The number of aryl methyl sites for hydroxylation is 1. The molecule has 0 saturated carbocycles. The second-order valence-electron chi connectivity index (χ2n) is 5.49. The number of carboxylic acid groups (broad SMARTS) is 1. The number of benzene rings is 2. The van der Waals surface area contributed by atoms with E-state index in [1.807, 2.05) is 43.3 Å². The molecule has 1 atom stereocenters. The Labute approximate surface area is 141 Å². The Balaban J connectivity index is 2.12. The summed E-state index contributed by atoms with van der Waals surface area (Å²) in [5, 5.41) is 8.80. The molecule has 2 aromatic rings. The number of hydrogen-bond donors (Lipinski definition) is 2. The van der Waals surface area contributed by atoms with E-state index < -0.39 is 22.0 Å². The van der Waals surface area contributed by atoms with Crippen molar-refractivity contribution in [3.63, 3.8) is 0 Å². The molecular weight excluding hydrogens is 326 g/mol. The Hall–Kier alpha value is -2.44. The number of carbonyl (C=O) groups is 1. The predicted molar refractivity (Wildman–Crippen MR) is 94.0 cm³/mol. The van der Waals surface area contributed by atoms with Gasteiger partial charge in [-0.2, -0.15) is 4.72 Å². The number of rotatable bonds is 6. The summed E-state index contributed by atoms with van der Waals surface area (Å²) in [4.78, 5) is 10.8. The lowest BCUT2D eigenvalue weighted by Gasteiger charge is -2.10. The van der Waals surface area contributed by atoms with Gasteiger partial charge >= 0.3 is 5.97 Å². The molecule has 0 heterocycles.